The number of imidazole rings is 2. The molecule has 7 rings (SSSR count). The number of nitrogens with one attached hydrogen (secondary N) is 3. The van der Waals surface area contributed by atoms with Gasteiger partial charge in [0.05, 0.1) is 23.6 Å². The Balaban J connectivity index is 1.05. The van der Waals surface area contributed by atoms with Gasteiger partial charge in [0.2, 0.25) is 0 Å². The molecule has 2 aromatic carbocycles. The predicted octanol–water partition coefficient (Wildman–Crippen LogP) is 7.21. The molecule has 1 aliphatic heterocycles. The highest BCUT2D eigenvalue weighted by molar-refractivity contribution is 5.76. The molecule has 3 aliphatic rings. The topological polar surface area (TPSA) is 136 Å². The number of carbonyl (C=O) groups is 2. The van der Waals surface area contributed by atoms with Crippen molar-refractivity contribution < 1.29 is 19.4 Å². The van der Waals surface area contributed by atoms with E-state index in [0.29, 0.717) is 6.54 Å². The van der Waals surface area contributed by atoms with E-state index in [2.05, 4.69) is 57.7 Å². The zero-order valence-corrected chi connectivity index (χ0v) is 26.0. The summed E-state index contributed by atoms with van der Waals surface area (Å²) in [6.07, 6.45) is 6.94. The molecule has 2 fully saturated rings. The maximum absolute atomic E-state index is 12.4. The van der Waals surface area contributed by atoms with E-state index in [9.17, 15) is 14.7 Å². The average Bonchev–Trinajstić information content (AvgIpc) is 3.81. The molecule has 1 saturated carbocycles. The summed E-state index contributed by atoms with van der Waals surface area (Å²) in [5, 5.41) is 12.7. The highest BCUT2D eigenvalue weighted by Gasteiger charge is 2.34. The number of rotatable bonds is 5. The molecule has 10 heteroatoms. The van der Waals surface area contributed by atoms with E-state index >= 15 is 0 Å². The lowest BCUT2D eigenvalue weighted by Gasteiger charge is -2.24. The van der Waals surface area contributed by atoms with E-state index in [1.54, 1.807) is 0 Å². The van der Waals surface area contributed by atoms with E-state index in [0.717, 1.165) is 95.9 Å². The summed E-state index contributed by atoms with van der Waals surface area (Å²) in [4.78, 5) is 42.2. The minimum atomic E-state index is -0.883. The molecule has 1 unspecified atom stereocenters. The molecule has 0 bridgehead atoms. The number of aromatic nitrogens is 4. The molecular weight excluding hydrogens is 568 g/mol. The number of amides is 2. The molecule has 2 amide bonds. The first-order chi connectivity index (χ1) is 21.6. The van der Waals surface area contributed by atoms with E-state index in [1.165, 1.54) is 10.5 Å². The number of aryl methyl sites for hydroxylation is 2. The van der Waals surface area contributed by atoms with Crippen molar-refractivity contribution in [2.45, 2.75) is 89.3 Å². The summed E-state index contributed by atoms with van der Waals surface area (Å²) in [7, 11) is 0. The lowest BCUT2D eigenvalue weighted by molar-refractivity contribution is 0.0500. The third kappa shape index (κ3) is 5.81. The summed E-state index contributed by atoms with van der Waals surface area (Å²) < 4.78 is 5.48. The van der Waals surface area contributed by atoms with Crippen molar-refractivity contribution in [3.8, 4) is 33.6 Å². The number of likely N-dealkylation sites (tertiary alicyclic amines) is 1. The second-order valence-electron chi connectivity index (χ2n) is 13.5. The first kappa shape index (κ1) is 29.1. The normalized spacial score (nSPS) is 21.0. The largest absolute Gasteiger partial charge is 0.465 e. The summed E-state index contributed by atoms with van der Waals surface area (Å²) >= 11 is 0. The van der Waals surface area contributed by atoms with Gasteiger partial charge in [0.1, 0.15) is 17.2 Å². The molecule has 234 valence electrons. The molecule has 2 aliphatic carbocycles. The van der Waals surface area contributed by atoms with Crippen LogP contribution in [0, 0.1) is 0 Å². The van der Waals surface area contributed by atoms with Crippen LogP contribution in [0.15, 0.2) is 48.7 Å². The molecule has 0 spiro atoms. The average molecular weight is 609 g/mol. The monoisotopic (exact) mass is 608 g/mol. The summed E-state index contributed by atoms with van der Waals surface area (Å²) in [5.74, 6) is 1.78. The molecule has 10 nitrogen and oxygen atoms in total. The third-order valence-electron chi connectivity index (χ3n) is 9.31. The van der Waals surface area contributed by atoms with E-state index in [-0.39, 0.29) is 24.1 Å². The lowest BCUT2D eigenvalue weighted by atomic mass is 9.89. The number of carbonyl (C=O) groups excluding carboxylic acids is 1. The SMILES string of the molecule is CC(C)(C)OC(=O)N[C@H]1CCC[C@@H]1c1ncc(-c2ccc(-c3ccc4c(c3)CCc3[nH]c(C5CCCN5C(=O)O)nc3-4)cc2)[nH]1. The van der Waals surface area contributed by atoms with Crippen molar-refractivity contribution in [1.29, 1.82) is 0 Å². The Morgan fingerprint density at radius 1 is 0.956 bits per heavy atom. The van der Waals surface area contributed by atoms with Gasteiger partial charge in [-0.25, -0.2) is 19.6 Å². The minimum absolute atomic E-state index is 0.00323. The summed E-state index contributed by atoms with van der Waals surface area (Å²) in [5.41, 5.74) is 8.19. The molecular formula is C35H40N6O4. The van der Waals surface area contributed by atoms with Gasteiger partial charge in [-0.15, -0.1) is 0 Å². The summed E-state index contributed by atoms with van der Waals surface area (Å²) in [6.45, 7) is 6.16. The molecule has 0 radical (unpaired) electrons. The molecule has 1 saturated heterocycles. The Morgan fingerprint density at radius 2 is 1.73 bits per heavy atom. The molecule has 4 aromatic rings. The number of aromatic amines is 2. The number of nitrogens with zero attached hydrogens (tertiary/aromatic N) is 3. The van der Waals surface area contributed by atoms with Crippen molar-refractivity contribution in [2.24, 2.45) is 0 Å². The van der Waals surface area contributed by atoms with Crippen LogP contribution in [0.4, 0.5) is 9.59 Å². The van der Waals surface area contributed by atoms with Crippen LogP contribution in [0.5, 0.6) is 0 Å². The van der Waals surface area contributed by atoms with E-state index in [4.69, 9.17) is 14.7 Å². The van der Waals surface area contributed by atoms with Gasteiger partial charge >= 0.3 is 12.2 Å². The number of H-pyrrole nitrogens is 2. The van der Waals surface area contributed by atoms with Crippen LogP contribution >= 0.6 is 0 Å². The van der Waals surface area contributed by atoms with Gasteiger partial charge in [-0.2, -0.15) is 0 Å². The second-order valence-corrected chi connectivity index (χ2v) is 13.5. The van der Waals surface area contributed by atoms with E-state index in [1.807, 2.05) is 27.0 Å². The maximum atomic E-state index is 12.4. The Labute approximate surface area is 262 Å². The smallest absolute Gasteiger partial charge is 0.407 e. The Hall–Kier alpha value is -4.60. The van der Waals surface area contributed by atoms with Gasteiger partial charge in [0.15, 0.2) is 0 Å². The van der Waals surface area contributed by atoms with Crippen molar-refractivity contribution in [2.75, 3.05) is 6.54 Å². The van der Waals surface area contributed by atoms with Crippen molar-refractivity contribution >= 4 is 12.2 Å². The second kappa shape index (κ2) is 11.4. The van der Waals surface area contributed by atoms with Crippen LogP contribution in [-0.2, 0) is 17.6 Å². The molecule has 3 heterocycles. The fraction of sp³-hybridized carbons (Fsp3) is 0.429. The van der Waals surface area contributed by atoms with Gasteiger partial charge < -0.3 is 25.1 Å². The number of ether oxygens (including phenoxy) is 1. The number of carboxylic acid groups (broad SMARTS) is 1. The zero-order valence-electron chi connectivity index (χ0n) is 26.0. The fourth-order valence-electron chi connectivity index (χ4n) is 7.17. The van der Waals surface area contributed by atoms with Crippen LogP contribution in [0.25, 0.3) is 33.6 Å². The maximum Gasteiger partial charge on any atom is 0.407 e. The van der Waals surface area contributed by atoms with Crippen LogP contribution in [-0.4, -0.2) is 60.3 Å². The zero-order chi connectivity index (χ0) is 31.3. The lowest BCUT2D eigenvalue weighted by Crippen LogP contribution is -2.40. The van der Waals surface area contributed by atoms with Gasteiger partial charge in [-0.1, -0.05) is 48.9 Å². The summed E-state index contributed by atoms with van der Waals surface area (Å²) in [6, 6.07) is 14.9. The van der Waals surface area contributed by atoms with Gasteiger partial charge in [0.25, 0.3) is 0 Å². The van der Waals surface area contributed by atoms with Crippen molar-refractivity contribution in [3.05, 3.63) is 71.6 Å². The van der Waals surface area contributed by atoms with E-state index < -0.39 is 11.7 Å². The molecule has 3 atom stereocenters. The fourth-order valence-corrected chi connectivity index (χ4v) is 7.17. The first-order valence-electron chi connectivity index (χ1n) is 16.0. The van der Waals surface area contributed by atoms with Crippen LogP contribution in [0.3, 0.4) is 0 Å². The number of hydrogen-bond acceptors (Lipinski definition) is 5. The van der Waals surface area contributed by atoms with Gasteiger partial charge in [0, 0.05) is 29.8 Å². The van der Waals surface area contributed by atoms with Crippen LogP contribution in [0.2, 0.25) is 0 Å². The van der Waals surface area contributed by atoms with Gasteiger partial charge in [-0.05, 0) is 81.5 Å². The van der Waals surface area contributed by atoms with Gasteiger partial charge in [-0.3, -0.25) is 4.90 Å². The third-order valence-corrected chi connectivity index (χ3v) is 9.31. The number of benzene rings is 2. The highest BCUT2D eigenvalue weighted by atomic mass is 16.6. The number of fused-ring (bicyclic) bond motifs is 3. The Bertz CT molecular complexity index is 1730. The van der Waals surface area contributed by atoms with Crippen molar-refractivity contribution in [1.82, 2.24) is 30.2 Å². The van der Waals surface area contributed by atoms with Crippen molar-refractivity contribution in [3.63, 3.8) is 0 Å². The van der Waals surface area contributed by atoms with Crippen LogP contribution < -0.4 is 5.32 Å². The minimum Gasteiger partial charge on any atom is -0.465 e. The number of alkyl carbamates (subject to hydrolysis) is 1. The Kier molecular flexibility index (Phi) is 7.38. The first-order valence-corrected chi connectivity index (χ1v) is 16.0. The Morgan fingerprint density at radius 3 is 2.51 bits per heavy atom. The highest BCUT2D eigenvalue weighted by Crippen LogP contribution is 2.39. The number of hydrogen-bond donors (Lipinski definition) is 4. The van der Waals surface area contributed by atoms with Crippen LogP contribution in [0.1, 0.15) is 87.7 Å². The molecule has 45 heavy (non-hydrogen) atoms. The molecule has 2 aromatic heterocycles. The quantitative estimate of drug-likeness (QED) is 0.189. The standard InChI is InChI=1S/C35H40N6O4/c1-35(2,3)45-33(42)39-26-7-4-6-25(26)31-36-19-28(38-31)21-11-9-20(10-12-21)22-13-15-24-23(18-22)14-16-27-30(24)40-32(37-27)29-8-5-17-41(29)34(43)44/h9-13,15,18-19,25-26,29H,4-8,14,16-17H2,1-3H3,(H,36,38)(H,37,40)(H,39,42)(H,43,44)/t25-,26-,29?/m0/s1. The molecule has 4 N–H and O–H groups in total. The predicted molar refractivity (Wildman–Crippen MR) is 171 cm³/mol.